The largest absolute Gasteiger partial charge is 0.496 e. The molecule has 1 aliphatic heterocycles. The number of hydrogen-bond acceptors (Lipinski definition) is 4. The number of rotatable bonds is 4. The van der Waals surface area contributed by atoms with Crippen molar-refractivity contribution in [1.82, 2.24) is 4.90 Å². The predicted octanol–water partition coefficient (Wildman–Crippen LogP) is 1.27. The maximum atomic E-state index is 12.6. The molecule has 2 aliphatic rings. The van der Waals surface area contributed by atoms with Gasteiger partial charge in [0.1, 0.15) is 17.1 Å². The standard InChI is InChI=1S/C15H20N2O3/c1-19-11-4-3-5-12(20-2)13(11)14(18)17-8-15(16,9-17)10-6-7-10/h3-5,10H,6-9,16H2,1-2H3. The fraction of sp³-hybridized carbons (Fsp3) is 0.533. The lowest BCUT2D eigenvalue weighted by Crippen LogP contribution is -2.69. The third kappa shape index (κ3) is 2.02. The van der Waals surface area contributed by atoms with E-state index in [2.05, 4.69) is 0 Å². The Morgan fingerprint density at radius 1 is 1.25 bits per heavy atom. The van der Waals surface area contributed by atoms with Gasteiger partial charge in [-0.05, 0) is 30.9 Å². The number of methoxy groups -OCH3 is 2. The van der Waals surface area contributed by atoms with Gasteiger partial charge in [-0.1, -0.05) is 6.07 Å². The lowest BCUT2D eigenvalue weighted by atomic mass is 9.85. The zero-order valence-corrected chi connectivity index (χ0v) is 11.9. The van der Waals surface area contributed by atoms with E-state index in [-0.39, 0.29) is 11.4 Å². The fourth-order valence-electron chi connectivity index (χ4n) is 2.94. The van der Waals surface area contributed by atoms with E-state index in [1.165, 1.54) is 12.8 Å². The van der Waals surface area contributed by atoms with Crippen molar-refractivity contribution in [1.29, 1.82) is 0 Å². The highest BCUT2D eigenvalue weighted by Gasteiger charge is 2.52. The van der Waals surface area contributed by atoms with Crippen LogP contribution in [0.3, 0.4) is 0 Å². The Hall–Kier alpha value is -1.75. The summed E-state index contributed by atoms with van der Waals surface area (Å²) in [5, 5.41) is 0. The molecule has 1 aliphatic carbocycles. The maximum absolute atomic E-state index is 12.6. The lowest BCUT2D eigenvalue weighted by Gasteiger charge is -2.48. The highest BCUT2D eigenvalue weighted by molar-refractivity contribution is 6.00. The summed E-state index contributed by atoms with van der Waals surface area (Å²) in [6.45, 7) is 1.25. The molecule has 5 nitrogen and oxygen atoms in total. The average molecular weight is 276 g/mol. The molecule has 0 bridgehead atoms. The number of carbonyl (C=O) groups is 1. The maximum Gasteiger partial charge on any atom is 0.261 e. The van der Waals surface area contributed by atoms with Crippen molar-refractivity contribution in [3.63, 3.8) is 0 Å². The van der Waals surface area contributed by atoms with Crippen LogP contribution in [0.2, 0.25) is 0 Å². The first-order valence-corrected chi connectivity index (χ1v) is 6.88. The predicted molar refractivity (Wildman–Crippen MR) is 75.1 cm³/mol. The summed E-state index contributed by atoms with van der Waals surface area (Å²) in [6, 6.07) is 5.35. The molecule has 1 heterocycles. The molecule has 3 rings (SSSR count). The Morgan fingerprint density at radius 2 is 1.80 bits per heavy atom. The van der Waals surface area contributed by atoms with Crippen LogP contribution in [-0.2, 0) is 0 Å². The van der Waals surface area contributed by atoms with E-state index in [9.17, 15) is 4.79 Å². The SMILES string of the molecule is COc1cccc(OC)c1C(=O)N1CC(N)(C2CC2)C1. The molecule has 1 aromatic rings. The number of amides is 1. The fourth-order valence-corrected chi connectivity index (χ4v) is 2.94. The molecule has 2 N–H and O–H groups in total. The van der Waals surface area contributed by atoms with Crippen LogP contribution in [-0.4, -0.2) is 43.7 Å². The molecule has 2 fully saturated rings. The summed E-state index contributed by atoms with van der Waals surface area (Å²) in [5.74, 6) is 1.60. The van der Waals surface area contributed by atoms with Gasteiger partial charge < -0.3 is 20.1 Å². The van der Waals surface area contributed by atoms with Crippen molar-refractivity contribution in [2.75, 3.05) is 27.3 Å². The van der Waals surface area contributed by atoms with Crippen LogP contribution in [0.1, 0.15) is 23.2 Å². The van der Waals surface area contributed by atoms with Gasteiger partial charge in [0.2, 0.25) is 0 Å². The van der Waals surface area contributed by atoms with E-state index >= 15 is 0 Å². The number of ether oxygens (including phenoxy) is 2. The summed E-state index contributed by atoms with van der Waals surface area (Å²) < 4.78 is 10.6. The van der Waals surface area contributed by atoms with Crippen molar-refractivity contribution in [2.24, 2.45) is 11.7 Å². The van der Waals surface area contributed by atoms with E-state index in [1.54, 1.807) is 31.3 Å². The second kappa shape index (κ2) is 4.66. The Kier molecular flexibility index (Phi) is 3.09. The zero-order chi connectivity index (χ0) is 14.3. The number of benzene rings is 1. The average Bonchev–Trinajstić information content (AvgIpc) is 3.26. The zero-order valence-electron chi connectivity index (χ0n) is 11.9. The van der Waals surface area contributed by atoms with Gasteiger partial charge in [0.25, 0.3) is 5.91 Å². The molecule has 0 radical (unpaired) electrons. The molecule has 0 atom stereocenters. The molecule has 1 saturated heterocycles. The summed E-state index contributed by atoms with van der Waals surface area (Å²) in [4.78, 5) is 14.4. The van der Waals surface area contributed by atoms with Gasteiger partial charge in [-0.15, -0.1) is 0 Å². The van der Waals surface area contributed by atoms with E-state index in [0.717, 1.165) is 0 Å². The molecule has 5 heteroatoms. The van der Waals surface area contributed by atoms with Gasteiger partial charge in [0.15, 0.2) is 0 Å². The van der Waals surface area contributed by atoms with Crippen molar-refractivity contribution in [2.45, 2.75) is 18.4 Å². The summed E-state index contributed by atoms with van der Waals surface area (Å²) in [7, 11) is 3.11. The van der Waals surface area contributed by atoms with E-state index in [4.69, 9.17) is 15.2 Å². The van der Waals surface area contributed by atoms with Crippen molar-refractivity contribution >= 4 is 5.91 Å². The van der Waals surface area contributed by atoms with Crippen LogP contribution in [0.25, 0.3) is 0 Å². The van der Waals surface area contributed by atoms with Gasteiger partial charge in [0.05, 0.1) is 19.8 Å². The third-order valence-electron chi connectivity index (χ3n) is 4.29. The summed E-state index contributed by atoms with van der Waals surface area (Å²) in [6.07, 6.45) is 2.38. The molecule has 0 spiro atoms. The quantitative estimate of drug-likeness (QED) is 0.899. The van der Waals surface area contributed by atoms with Crippen molar-refractivity contribution < 1.29 is 14.3 Å². The number of nitrogens with zero attached hydrogens (tertiary/aromatic N) is 1. The normalized spacial score (nSPS) is 20.2. The van der Waals surface area contributed by atoms with E-state index in [1.807, 2.05) is 6.07 Å². The summed E-state index contributed by atoms with van der Waals surface area (Å²) in [5.41, 5.74) is 6.61. The van der Waals surface area contributed by atoms with Gasteiger partial charge in [-0.25, -0.2) is 0 Å². The minimum absolute atomic E-state index is 0.0685. The number of hydrogen-bond donors (Lipinski definition) is 1. The van der Waals surface area contributed by atoms with Gasteiger partial charge >= 0.3 is 0 Å². The molecule has 1 amide bonds. The Bertz CT molecular complexity index is 512. The molecule has 108 valence electrons. The smallest absolute Gasteiger partial charge is 0.261 e. The Balaban J connectivity index is 1.81. The highest BCUT2D eigenvalue weighted by Crippen LogP contribution is 2.44. The third-order valence-corrected chi connectivity index (χ3v) is 4.29. The van der Waals surface area contributed by atoms with Crippen LogP contribution in [0, 0.1) is 5.92 Å². The molecule has 0 unspecified atom stereocenters. The number of carbonyl (C=O) groups excluding carboxylic acids is 1. The van der Waals surface area contributed by atoms with E-state index in [0.29, 0.717) is 36.1 Å². The minimum Gasteiger partial charge on any atom is -0.496 e. The molecule has 1 saturated carbocycles. The van der Waals surface area contributed by atoms with Gasteiger partial charge in [-0.3, -0.25) is 4.79 Å². The Labute approximate surface area is 118 Å². The monoisotopic (exact) mass is 276 g/mol. The second-order valence-electron chi connectivity index (χ2n) is 5.71. The van der Waals surface area contributed by atoms with Crippen LogP contribution in [0.15, 0.2) is 18.2 Å². The molecule has 20 heavy (non-hydrogen) atoms. The Morgan fingerprint density at radius 3 is 2.25 bits per heavy atom. The lowest BCUT2D eigenvalue weighted by molar-refractivity contribution is 0.0344. The molecular weight excluding hydrogens is 256 g/mol. The molecular formula is C15H20N2O3. The van der Waals surface area contributed by atoms with Crippen LogP contribution in [0.4, 0.5) is 0 Å². The number of nitrogens with two attached hydrogens (primary N) is 1. The number of likely N-dealkylation sites (tertiary alicyclic amines) is 1. The molecule has 1 aromatic carbocycles. The molecule has 0 aromatic heterocycles. The van der Waals surface area contributed by atoms with E-state index < -0.39 is 0 Å². The first kappa shape index (κ1) is 13.2. The highest BCUT2D eigenvalue weighted by atomic mass is 16.5. The van der Waals surface area contributed by atoms with Gasteiger partial charge in [-0.2, -0.15) is 0 Å². The van der Waals surface area contributed by atoms with Crippen LogP contribution >= 0.6 is 0 Å². The second-order valence-corrected chi connectivity index (χ2v) is 5.71. The van der Waals surface area contributed by atoms with Crippen molar-refractivity contribution in [3.05, 3.63) is 23.8 Å². The topological polar surface area (TPSA) is 64.8 Å². The van der Waals surface area contributed by atoms with Crippen LogP contribution < -0.4 is 15.2 Å². The summed E-state index contributed by atoms with van der Waals surface area (Å²) >= 11 is 0. The first-order valence-electron chi connectivity index (χ1n) is 6.88. The van der Waals surface area contributed by atoms with Crippen LogP contribution in [0.5, 0.6) is 11.5 Å². The van der Waals surface area contributed by atoms with Crippen molar-refractivity contribution in [3.8, 4) is 11.5 Å². The van der Waals surface area contributed by atoms with Gasteiger partial charge in [0, 0.05) is 13.1 Å². The first-order chi connectivity index (χ1) is 9.59. The minimum atomic E-state index is -0.176.